The Morgan fingerprint density at radius 3 is 1.83 bits per heavy atom. The van der Waals surface area contributed by atoms with Gasteiger partial charge in [0.25, 0.3) is 0 Å². The van der Waals surface area contributed by atoms with Gasteiger partial charge in [-0.25, -0.2) is 0 Å². The molecule has 0 heterocycles. The van der Waals surface area contributed by atoms with Crippen molar-refractivity contribution >= 4 is 11.9 Å². The number of esters is 1. The Balaban J connectivity index is 0.000000240. The summed E-state index contributed by atoms with van der Waals surface area (Å²) in [6.45, 7) is 2.10. The molecule has 0 aromatic carbocycles. The maximum atomic E-state index is 10.5. The van der Waals surface area contributed by atoms with Gasteiger partial charge < -0.3 is 9.84 Å². The van der Waals surface area contributed by atoms with Gasteiger partial charge in [0.1, 0.15) is 0 Å². The van der Waals surface area contributed by atoms with Gasteiger partial charge in [-0.1, -0.05) is 64.2 Å². The van der Waals surface area contributed by atoms with Crippen molar-refractivity contribution in [2.45, 2.75) is 96.8 Å². The molecule has 2 fully saturated rings. The molecule has 140 valence electrons. The minimum absolute atomic E-state index is 0.147. The predicted molar refractivity (Wildman–Crippen MR) is 95.9 cm³/mol. The zero-order valence-corrected chi connectivity index (χ0v) is 15.4. The standard InChI is InChI=1S/2C10H18O2/c1-9(11)12-8-7-10-5-3-2-4-6-10;11-10(12)8-4-7-9-5-2-1-3-6-9/h10H,2-8H2,1H3;9H,1-8H2,(H,11,12). The van der Waals surface area contributed by atoms with E-state index < -0.39 is 5.97 Å². The van der Waals surface area contributed by atoms with Crippen LogP contribution in [0.15, 0.2) is 0 Å². The topological polar surface area (TPSA) is 63.6 Å². The summed E-state index contributed by atoms with van der Waals surface area (Å²) < 4.78 is 4.91. The van der Waals surface area contributed by atoms with Crippen LogP contribution in [0.1, 0.15) is 96.8 Å². The summed E-state index contributed by atoms with van der Waals surface area (Å²) in [6, 6.07) is 0. The Hall–Kier alpha value is -1.06. The van der Waals surface area contributed by atoms with Crippen molar-refractivity contribution in [3.63, 3.8) is 0 Å². The number of carboxylic acid groups (broad SMARTS) is 1. The van der Waals surface area contributed by atoms with E-state index in [4.69, 9.17) is 9.84 Å². The number of carbonyl (C=O) groups excluding carboxylic acids is 1. The van der Waals surface area contributed by atoms with Crippen LogP contribution in [0, 0.1) is 11.8 Å². The van der Waals surface area contributed by atoms with Crippen LogP contribution in [0.25, 0.3) is 0 Å². The lowest BCUT2D eigenvalue weighted by atomic mass is 9.86. The molecule has 2 rings (SSSR count). The SMILES string of the molecule is CC(=O)OCCC1CCCCC1.O=C(O)CCCC1CCCCC1. The largest absolute Gasteiger partial charge is 0.481 e. The third-order valence-electron chi connectivity index (χ3n) is 5.28. The van der Waals surface area contributed by atoms with Gasteiger partial charge in [0, 0.05) is 13.3 Å². The molecule has 0 unspecified atom stereocenters. The van der Waals surface area contributed by atoms with E-state index in [1.807, 2.05) is 0 Å². The average molecular weight is 341 g/mol. The van der Waals surface area contributed by atoms with Crippen LogP contribution in [0.5, 0.6) is 0 Å². The number of rotatable bonds is 7. The minimum atomic E-state index is -0.647. The number of ether oxygens (including phenoxy) is 1. The lowest BCUT2D eigenvalue weighted by molar-refractivity contribution is -0.141. The van der Waals surface area contributed by atoms with Crippen LogP contribution in [-0.2, 0) is 14.3 Å². The highest BCUT2D eigenvalue weighted by Crippen LogP contribution is 2.27. The lowest BCUT2D eigenvalue weighted by Gasteiger charge is -2.20. The fourth-order valence-corrected chi connectivity index (χ4v) is 3.86. The number of hydrogen-bond donors (Lipinski definition) is 1. The van der Waals surface area contributed by atoms with Gasteiger partial charge in [-0.15, -0.1) is 0 Å². The first kappa shape index (κ1) is 21.0. The number of carbonyl (C=O) groups is 2. The molecule has 2 aliphatic rings. The summed E-state index contributed by atoms with van der Waals surface area (Å²) in [5, 5.41) is 8.44. The fourth-order valence-electron chi connectivity index (χ4n) is 3.86. The lowest BCUT2D eigenvalue weighted by Crippen LogP contribution is -2.10. The van der Waals surface area contributed by atoms with Crippen molar-refractivity contribution in [3.8, 4) is 0 Å². The molecule has 0 aromatic heterocycles. The summed E-state index contributed by atoms with van der Waals surface area (Å²) in [7, 11) is 0. The van der Waals surface area contributed by atoms with Crippen molar-refractivity contribution in [3.05, 3.63) is 0 Å². The van der Waals surface area contributed by atoms with Gasteiger partial charge in [0.15, 0.2) is 0 Å². The second-order valence-electron chi connectivity index (χ2n) is 7.42. The van der Waals surface area contributed by atoms with Gasteiger partial charge in [0.05, 0.1) is 6.61 Å². The zero-order valence-electron chi connectivity index (χ0n) is 15.4. The Morgan fingerprint density at radius 1 is 0.875 bits per heavy atom. The van der Waals surface area contributed by atoms with Crippen molar-refractivity contribution in [1.29, 1.82) is 0 Å². The second-order valence-corrected chi connectivity index (χ2v) is 7.42. The highest BCUT2D eigenvalue weighted by atomic mass is 16.5. The van der Waals surface area contributed by atoms with Gasteiger partial charge >= 0.3 is 11.9 Å². The zero-order chi connectivity index (χ0) is 17.6. The van der Waals surface area contributed by atoms with E-state index in [0.29, 0.717) is 13.0 Å². The molecule has 0 aromatic rings. The number of aliphatic carboxylic acids is 1. The Bertz CT molecular complexity index is 308. The third-order valence-corrected chi connectivity index (χ3v) is 5.28. The summed E-state index contributed by atoms with van der Waals surface area (Å²) in [6.07, 6.45) is 17.0. The molecule has 0 saturated heterocycles. The molecule has 0 radical (unpaired) electrons. The van der Waals surface area contributed by atoms with E-state index in [1.54, 1.807) is 0 Å². The molecule has 0 bridgehead atoms. The molecule has 0 spiro atoms. The third kappa shape index (κ3) is 11.5. The molecule has 4 heteroatoms. The van der Waals surface area contributed by atoms with E-state index in [1.165, 1.54) is 71.1 Å². The molecule has 2 aliphatic carbocycles. The second kappa shape index (κ2) is 13.3. The van der Waals surface area contributed by atoms with Crippen molar-refractivity contribution in [2.75, 3.05) is 6.61 Å². The Morgan fingerprint density at radius 2 is 1.38 bits per heavy atom. The smallest absolute Gasteiger partial charge is 0.303 e. The van der Waals surface area contributed by atoms with E-state index >= 15 is 0 Å². The Labute approximate surface area is 147 Å². The first-order valence-electron chi connectivity index (χ1n) is 9.93. The van der Waals surface area contributed by atoms with Crippen molar-refractivity contribution in [2.24, 2.45) is 11.8 Å². The molecule has 1 N–H and O–H groups in total. The summed E-state index contributed by atoms with van der Waals surface area (Å²) in [5.74, 6) is 0.854. The summed E-state index contributed by atoms with van der Waals surface area (Å²) in [4.78, 5) is 20.7. The maximum absolute atomic E-state index is 10.5. The van der Waals surface area contributed by atoms with Crippen LogP contribution in [-0.4, -0.2) is 23.7 Å². The van der Waals surface area contributed by atoms with E-state index in [2.05, 4.69) is 0 Å². The highest BCUT2D eigenvalue weighted by molar-refractivity contribution is 5.66. The molecular formula is C20H36O4. The quantitative estimate of drug-likeness (QED) is 0.635. The molecule has 0 atom stereocenters. The molecule has 24 heavy (non-hydrogen) atoms. The van der Waals surface area contributed by atoms with E-state index in [9.17, 15) is 9.59 Å². The first-order chi connectivity index (χ1) is 11.6. The highest BCUT2D eigenvalue weighted by Gasteiger charge is 2.13. The number of hydrogen-bond acceptors (Lipinski definition) is 3. The molecule has 0 amide bonds. The van der Waals surface area contributed by atoms with Crippen LogP contribution in [0.4, 0.5) is 0 Å². The molecule has 2 saturated carbocycles. The van der Waals surface area contributed by atoms with Crippen LogP contribution >= 0.6 is 0 Å². The molecule has 4 nitrogen and oxygen atoms in total. The van der Waals surface area contributed by atoms with E-state index in [0.717, 1.165) is 31.1 Å². The predicted octanol–water partition coefficient (Wildman–Crippen LogP) is 5.34. The normalized spacial score (nSPS) is 19.2. The monoisotopic (exact) mass is 340 g/mol. The first-order valence-corrected chi connectivity index (χ1v) is 9.93. The maximum Gasteiger partial charge on any atom is 0.303 e. The van der Waals surface area contributed by atoms with Crippen LogP contribution < -0.4 is 0 Å². The van der Waals surface area contributed by atoms with Crippen LogP contribution in [0.3, 0.4) is 0 Å². The van der Waals surface area contributed by atoms with Gasteiger partial charge in [-0.3, -0.25) is 9.59 Å². The Kier molecular flexibility index (Phi) is 11.6. The minimum Gasteiger partial charge on any atom is -0.481 e. The van der Waals surface area contributed by atoms with Crippen molar-refractivity contribution < 1.29 is 19.4 Å². The molecular weight excluding hydrogens is 304 g/mol. The van der Waals surface area contributed by atoms with Gasteiger partial charge in [-0.2, -0.15) is 0 Å². The fraction of sp³-hybridized carbons (Fsp3) is 0.900. The summed E-state index contributed by atoms with van der Waals surface area (Å²) in [5.41, 5.74) is 0. The summed E-state index contributed by atoms with van der Waals surface area (Å²) >= 11 is 0. The average Bonchev–Trinajstić information content (AvgIpc) is 2.57. The van der Waals surface area contributed by atoms with Gasteiger partial charge in [-0.05, 0) is 31.1 Å². The van der Waals surface area contributed by atoms with Crippen molar-refractivity contribution in [1.82, 2.24) is 0 Å². The van der Waals surface area contributed by atoms with Crippen LogP contribution in [0.2, 0.25) is 0 Å². The van der Waals surface area contributed by atoms with E-state index in [-0.39, 0.29) is 5.97 Å². The van der Waals surface area contributed by atoms with Gasteiger partial charge in [0.2, 0.25) is 0 Å². The number of carboxylic acids is 1. The molecule has 0 aliphatic heterocycles.